The molecule has 2 aromatic heterocycles. The molecule has 1 fully saturated rings. The molecule has 3 aromatic carbocycles. The highest BCUT2D eigenvalue weighted by atomic mass is 16.5. The van der Waals surface area contributed by atoms with E-state index in [0.717, 1.165) is 84.9 Å². The largest absolute Gasteiger partial charge is 0.379 e. The van der Waals surface area contributed by atoms with Gasteiger partial charge in [0.1, 0.15) is 11.7 Å². The lowest BCUT2D eigenvalue weighted by molar-refractivity contribution is -0.118. The van der Waals surface area contributed by atoms with Gasteiger partial charge in [-0.15, -0.1) is 0 Å². The third-order valence-corrected chi connectivity index (χ3v) is 9.66. The van der Waals surface area contributed by atoms with Crippen molar-refractivity contribution in [1.29, 1.82) is 0 Å². The minimum absolute atomic E-state index is 0.201. The summed E-state index contributed by atoms with van der Waals surface area (Å²) in [6.07, 6.45) is 3.17. The van der Waals surface area contributed by atoms with Gasteiger partial charge in [-0.2, -0.15) is 10.2 Å². The predicted octanol–water partition coefficient (Wildman–Crippen LogP) is 5.39. The summed E-state index contributed by atoms with van der Waals surface area (Å²) in [7, 11) is 1.72. The lowest BCUT2D eigenvalue weighted by atomic mass is 9.90. The van der Waals surface area contributed by atoms with E-state index in [2.05, 4.69) is 73.3 Å². The van der Waals surface area contributed by atoms with Crippen LogP contribution < -0.4 is 10.6 Å². The molecular weight excluding hydrogens is 602 g/mol. The lowest BCUT2D eigenvalue weighted by Gasteiger charge is -2.26. The van der Waals surface area contributed by atoms with Crippen molar-refractivity contribution in [2.45, 2.75) is 45.2 Å². The average Bonchev–Trinajstić information content (AvgIpc) is 3.82. The second-order valence-electron chi connectivity index (χ2n) is 12.8. The Morgan fingerprint density at radius 2 is 1.69 bits per heavy atom. The molecule has 10 nitrogen and oxygen atoms in total. The van der Waals surface area contributed by atoms with Gasteiger partial charge in [-0.3, -0.25) is 24.3 Å². The van der Waals surface area contributed by atoms with Crippen molar-refractivity contribution in [3.8, 4) is 22.3 Å². The van der Waals surface area contributed by atoms with Crippen molar-refractivity contribution in [3.63, 3.8) is 0 Å². The number of hydrogen-bond acceptors (Lipinski definition) is 6. The van der Waals surface area contributed by atoms with E-state index in [1.807, 2.05) is 38.1 Å². The second-order valence-corrected chi connectivity index (χ2v) is 12.8. The molecule has 1 aliphatic heterocycles. The molecule has 1 saturated heterocycles. The van der Waals surface area contributed by atoms with Crippen LogP contribution in [-0.2, 0) is 29.5 Å². The minimum Gasteiger partial charge on any atom is -0.379 e. The zero-order chi connectivity index (χ0) is 33.2. The van der Waals surface area contributed by atoms with E-state index >= 15 is 0 Å². The molecule has 0 bridgehead atoms. The Bertz CT molecular complexity index is 1900. The van der Waals surface area contributed by atoms with Crippen molar-refractivity contribution in [2.24, 2.45) is 7.05 Å². The van der Waals surface area contributed by atoms with Gasteiger partial charge in [0, 0.05) is 55.7 Å². The number of aromatic amines is 1. The first-order valence-corrected chi connectivity index (χ1v) is 16.6. The number of aromatic nitrogens is 4. The number of H-pyrrole nitrogens is 1. The molecule has 0 radical (unpaired) electrons. The fourth-order valence-corrected chi connectivity index (χ4v) is 7.06. The van der Waals surface area contributed by atoms with Crippen LogP contribution in [0.5, 0.6) is 0 Å². The number of hydrogen-bond donors (Lipinski definition) is 3. The first-order chi connectivity index (χ1) is 23.3. The van der Waals surface area contributed by atoms with Crippen LogP contribution in [-0.4, -0.2) is 69.0 Å². The smallest absolute Gasteiger partial charge is 0.270 e. The summed E-state index contributed by atoms with van der Waals surface area (Å²) in [5.41, 5.74) is 10.8. The highest BCUT2D eigenvalue weighted by Crippen LogP contribution is 2.39. The van der Waals surface area contributed by atoms with Gasteiger partial charge in [-0.1, -0.05) is 54.6 Å². The molecule has 246 valence electrons. The van der Waals surface area contributed by atoms with Crippen LogP contribution in [0.4, 0.5) is 5.69 Å². The number of amides is 2. The monoisotopic (exact) mass is 643 g/mol. The van der Waals surface area contributed by atoms with Gasteiger partial charge in [0.15, 0.2) is 0 Å². The standard InChI is InChI=1S/C38H41N7O3/c1-24-35(25(2)43-42-24)29-10-13-31(14-11-29)40-38(47)36(41-37(46)34-16-17-39-44(34)3)32-15-12-28-8-9-30(22-33(28)32)27-6-4-26(5-7-27)23-45-18-20-48-21-19-45/h4-11,13-14,16-17,22,32,36H,12,15,18-21,23H2,1-3H3,(H,40,47)(H,41,46)(H,42,43)/t32-,36+/m1/s1. The molecule has 2 aliphatic rings. The van der Waals surface area contributed by atoms with E-state index in [-0.39, 0.29) is 17.7 Å². The SMILES string of the molecule is Cc1n[nH]c(C)c1-c1ccc(NC(=O)[C@@H](NC(=O)c2ccnn2C)[C@@H]2CCc3ccc(-c4ccc(CN5CCOCC5)cc4)cc32)cc1. The average molecular weight is 644 g/mol. The Hall–Kier alpha value is -5.06. The van der Waals surface area contributed by atoms with E-state index in [0.29, 0.717) is 11.4 Å². The summed E-state index contributed by atoms with van der Waals surface area (Å²) >= 11 is 0. The lowest BCUT2D eigenvalue weighted by Crippen LogP contribution is -2.47. The Balaban J connectivity index is 1.14. The maximum absolute atomic E-state index is 14.1. The van der Waals surface area contributed by atoms with Crippen LogP contribution >= 0.6 is 0 Å². The molecule has 2 atom stereocenters. The third-order valence-electron chi connectivity index (χ3n) is 9.66. The van der Waals surface area contributed by atoms with Crippen LogP contribution in [0.25, 0.3) is 22.3 Å². The molecular formula is C38H41N7O3. The molecule has 0 saturated carbocycles. The minimum atomic E-state index is -0.794. The Morgan fingerprint density at radius 3 is 2.38 bits per heavy atom. The highest BCUT2D eigenvalue weighted by molar-refractivity contribution is 6.01. The zero-order valence-corrected chi connectivity index (χ0v) is 27.6. The Morgan fingerprint density at radius 1 is 0.958 bits per heavy atom. The number of carbonyl (C=O) groups excluding carboxylic acids is 2. The Labute approximate surface area is 280 Å². The van der Waals surface area contributed by atoms with Crippen LogP contribution in [0, 0.1) is 13.8 Å². The van der Waals surface area contributed by atoms with Gasteiger partial charge in [0.05, 0.1) is 18.9 Å². The molecule has 10 heteroatoms. The highest BCUT2D eigenvalue weighted by Gasteiger charge is 2.36. The Kier molecular flexibility index (Phi) is 8.92. The van der Waals surface area contributed by atoms with Gasteiger partial charge < -0.3 is 15.4 Å². The first-order valence-electron chi connectivity index (χ1n) is 16.6. The second kappa shape index (κ2) is 13.6. The number of rotatable bonds is 9. The van der Waals surface area contributed by atoms with E-state index in [4.69, 9.17) is 4.74 Å². The summed E-state index contributed by atoms with van der Waals surface area (Å²) in [4.78, 5) is 30.0. The fraction of sp³-hybridized carbons (Fsp3) is 0.316. The normalized spacial score (nSPS) is 16.8. The molecule has 0 spiro atoms. The van der Waals surface area contributed by atoms with Gasteiger partial charge in [0.25, 0.3) is 5.91 Å². The van der Waals surface area contributed by atoms with E-state index in [9.17, 15) is 9.59 Å². The third kappa shape index (κ3) is 6.54. The van der Waals surface area contributed by atoms with E-state index in [1.165, 1.54) is 15.8 Å². The maximum Gasteiger partial charge on any atom is 0.270 e. The van der Waals surface area contributed by atoms with Crippen molar-refractivity contribution >= 4 is 17.5 Å². The van der Waals surface area contributed by atoms with Crippen LogP contribution in [0.3, 0.4) is 0 Å². The number of fused-ring (bicyclic) bond motifs is 1. The van der Waals surface area contributed by atoms with Gasteiger partial charge in [-0.05, 0) is 78.3 Å². The number of nitrogens with one attached hydrogen (secondary N) is 3. The summed E-state index contributed by atoms with van der Waals surface area (Å²) in [5, 5.41) is 17.7. The van der Waals surface area contributed by atoms with Gasteiger partial charge >= 0.3 is 0 Å². The molecule has 5 aromatic rings. The van der Waals surface area contributed by atoms with Crippen molar-refractivity contribution in [1.82, 2.24) is 30.2 Å². The molecule has 1 aliphatic carbocycles. The number of morpholine rings is 1. The molecule has 7 rings (SSSR count). The zero-order valence-electron chi connectivity index (χ0n) is 27.6. The topological polar surface area (TPSA) is 117 Å². The fourth-order valence-electron chi connectivity index (χ4n) is 7.06. The summed E-state index contributed by atoms with van der Waals surface area (Å²) in [5.74, 6) is -0.797. The number of nitrogens with zero attached hydrogens (tertiary/aromatic N) is 4. The number of ether oxygens (including phenoxy) is 1. The van der Waals surface area contributed by atoms with Gasteiger partial charge in [0.2, 0.25) is 5.91 Å². The number of benzene rings is 3. The molecule has 2 amide bonds. The van der Waals surface area contributed by atoms with Crippen LogP contribution in [0.2, 0.25) is 0 Å². The van der Waals surface area contributed by atoms with Crippen LogP contribution in [0.15, 0.2) is 79.0 Å². The quantitative estimate of drug-likeness (QED) is 0.198. The molecule has 3 heterocycles. The maximum atomic E-state index is 14.1. The predicted molar refractivity (Wildman–Crippen MR) is 186 cm³/mol. The summed E-state index contributed by atoms with van der Waals surface area (Å²) in [6, 6.07) is 23.9. The van der Waals surface area contributed by atoms with Crippen LogP contribution in [0.1, 0.15) is 50.9 Å². The molecule has 3 N–H and O–H groups in total. The van der Waals surface area contributed by atoms with Gasteiger partial charge in [-0.25, -0.2) is 0 Å². The van der Waals surface area contributed by atoms with E-state index in [1.54, 1.807) is 19.3 Å². The summed E-state index contributed by atoms with van der Waals surface area (Å²) in [6.45, 7) is 8.35. The van der Waals surface area contributed by atoms with Crippen molar-refractivity contribution in [3.05, 3.63) is 113 Å². The van der Waals surface area contributed by atoms with Crippen molar-refractivity contribution in [2.75, 3.05) is 31.6 Å². The number of carbonyl (C=O) groups is 2. The number of aryl methyl sites for hydroxylation is 4. The molecule has 48 heavy (non-hydrogen) atoms. The van der Waals surface area contributed by atoms with E-state index < -0.39 is 6.04 Å². The summed E-state index contributed by atoms with van der Waals surface area (Å²) < 4.78 is 7.01. The molecule has 0 unspecified atom stereocenters. The first kappa shape index (κ1) is 31.5. The number of anilines is 1. The van der Waals surface area contributed by atoms with Crippen molar-refractivity contribution < 1.29 is 14.3 Å².